The zero-order valence-electron chi connectivity index (χ0n) is 8.34. The van der Waals surface area contributed by atoms with Crippen LogP contribution >= 0.6 is 0 Å². The molecule has 1 aromatic heterocycles. The molecule has 0 atom stereocenters. The van der Waals surface area contributed by atoms with Crippen molar-refractivity contribution in [1.29, 1.82) is 0 Å². The molecule has 0 unspecified atom stereocenters. The quantitative estimate of drug-likeness (QED) is 0.806. The van der Waals surface area contributed by atoms with Gasteiger partial charge in [0.15, 0.2) is 6.29 Å². The molecule has 0 spiro atoms. The third-order valence-electron chi connectivity index (χ3n) is 1.96. The maximum atomic E-state index is 12.0. The zero-order chi connectivity index (χ0) is 12.3. The molecule has 1 heterocycles. The van der Waals surface area contributed by atoms with Crippen molar-refractivity contribution in [3.63, 3.8) is 0 Å². The molecule has 0 saturated heterocycles. The van der Waals surface area contributed by atoms with Crippen LogP contribution in [0.25, 0.3) is 0 Å². The number of ether oxygens (including phenoxy) is 1. The van der Waals surface area contributed by atoms with Gasteiger partial charge in [-0.05, 0) is 12.5 Å². The third-order valence-corrected chi connectivity index (χ3v) is 1.96. The Hall–Kier alpha value is -1.63. The molecule has 16 heavy (non-hydrogen) atoms. The number of halogens is 3. The predicted octanol–water partition coefficient (Wildman–Crippen LogP) is 1.56. The summed E-state index contributed by atoms with van der Waals surface area (Å²) in [7, 11) is 0. The monoisotopic (exact) mass is 234 g/mol. The highest BCUT2D eigenvalue weighted by Gasteiger charge is 2.33. The first-order valence-electron chi connectivity index (χ1n) is 4.28. The number of pyridine rings is 1. The number of alkyl halides is 3. The van der Waals surface area contributed by atoms with Crippen molar-refractivity contribution in [2.75, 3.05) is 0 Å². The summed E-state index contributed by atoms with van der Waals surface area (Å²) in [4.78, 5) is 14.2. The van der Waals surface area contributed by atoms with Gasteiger partial charge < -0.3 is 10.5 Å². The first-order chi connectivity index (χ1) is 7.39. The van der Waals surface area contributed by atoms with Crippen LogP contribution in [0.1, 0.15) is 21.5 Å². The van der Waals surface area contributed by atoms with Crippen molar-refractivity contribution < 1.29 is 22.7 Å². The number of nitrogens with zero attached hydrogens (tertiary/aromatic N) is 1. The normalized spacial score (nSPS) is 11.3. The van der Waals surface area contributed by atoms with Gasteiger partial charge in [-0.1, -0.05) is 0 Å². The van der Waals surface area contributed by atoms with Gasteiger partial charge in [0.1, 0.15) is 0 Å². The van der Waals surface area contributed by atoms with Gasteiger partial charge in [0, 0.05) is 23.9 Å². The van der Waals surface area contributed by atoms with Crippen molar-refractivity contribution in [2.45, 2.75) is 19.8 Å². The SMILES string of the molecule is Cc1c(OC(F)(F)F)ncc(CN)c1C=O. The Morgan fingerprint density at radius 2 is 2.19 bits per heavy atom. The molecule has 2 N–H and O–H groups in total. The Kier molecular flexibility index (Phi) is 3.48. The standard InChI is InChI=1S/C9H9F3N2O2/c1-5-7(4-15)6(2-13)3-14-8(5)16-9(10,11)12/h3-4H,2,13H2,1H3. The molecule has 0 bridgehead atoms. The molecule has 7 heteroatoms. The fraction of sp³-hybridized carbons (Fsp3) is 0.333. The van der Waals surface area contributed by atoms with Crippen LogP contribution in [0.4, 0.5) is 13.2 Å². The van der Waals surface area contributed by atoms with E-state index in [4.69, 9.17) is 5.73 Å². The van der Waals surface area contributed by atoms with E-state index in [2.05, 4.69) is 9.72 Å². The van der Waals surface area contributed by atoms with E-state index in [1.807, 2.05) is 0 Å². The van der Waals surface area contributed by atoms with Gasteiger partial charge in [0.05, 0.1) is 0 Å². The molecule has 0 aliphatic carbocycles. The summed E-state index contributed by atoms with van der Waals surface area (Å²) < 4.78 is 39.6. The number of carbonyl (C=O) groups is 1. The summed E-state index contributed by atoms with van der Waals surface area (Å²) in [6, 6.07) is 0. The van der Waals surface area contributed by atoms with Crippen LogP contribution in [0.3, 0.4) is 0 Å². The maximum Gasteiger partial charge on any atom is 0.574 e. The Morgan fingerprint density at radius 3 is 2.62 bits per heavy atom. The molecule has 0 radical (unpaired) electrons. The number of hydrogen-bond acceptors (Lipinski definition) is 4. The van der Waals surface area contributed by atoms with Crippen LogP contribution in [-0.2, 0) is 6.54 Å². The summed E-state index contributed by atoms with van der Waals surface area (Å²) in [5.41, 5.74) is 5.79. The highest BCUT2D eigenvalue weighted by molar-refractivity contribution is 5.80. The summed E-state index contributed by atoms with van der Waals surface area (Å²) in [6.07, 6.45) is -3.30. The smallest absolute Gasteiger partial charge is 0.388 e. The Bertz CT molecular complexity index is 404. The molecule has 88 valence electrons. The van der Waals surface area contributed by atoms with E-state index in [9.17, 15) is 18.0 Å². The highest BCUT2D eigenvalue weighted by Crippen LogP contribution is 2.26. The van der Waals surface area contributed by atoms with Gasteiger partial charge in [-0.15, -0.1) is 13.2 Å². The van der Waals surface area contributed by atoms with Crippen molar-refractivity contribution in [1.82, 2.24) is 4.98 Å². The largest absolute Gasteiger partial charge is 0.574 e. The lowest BCUT2D eigenvalue weighted by atomic mass is 10.1. The highest BCUT2D eigenvalue weighted by atomic mass is 19.4. The number of aromatic nitrogens is 1. The molecule has 4 nitrogen and oxygen atoms in total. The van der Waals surface area contributed by atoms with Crippen LogP contribution in [-0.4, -0.2) is 17.6 Å². The first kappa shape index (κ1) is 12.4. The van der Waals surface area contributed by atoms with E-state index < -0.39 is 12.2 Å². The van der Waals surface area contributed by atoms with Gasteiger partial charge >= 0.3 is 6.36 Å². The Balaban J connectivity index is 3.19. The second-order valence-electron chi connectivity index (χ2n) is 3.00. The van der Waals surface area contributed by atoms with Crippen LogP contribution in [0, 0.1) is 6.92 Å². The fourth-order valence-corrected chi connectivity index (χ4v) is 1.20. The second kappa shape index (κ2) is 4.48. The van der Waals surface area contributed by atoms with Gasteiger partial charge in [-0.2, -0.15) is 0 Å². The summed E-state index contributed by atoms with van der Waals surface area (Å²) in [6.45, 7) is 1.34. The molecule has 0 aromatic carbocycles. The van der Waals surface area contributed by atoms with Crippen molar-refractivity contribution in [3.05, 3.63) is 22.9 Å². The average molecular weight is 234 g/mol. The van der Waals surface area contributed by atoms with E-state index in [0.29, 0.717) is 11.8 Å². The number of carbonyl (C=O) groups excluding carboxylic acids is 1. The van der Waals surface area contributed by atoms with Crippen molar-refractivity contribution in [3.8, 4) is 5.88 Å². The maximum absolute atomic E-state index is 12.0. The van der Waals surface area contributed by atoms with Crippen LogP contribution < -0.4 is 10.5 Å². The van der Waals surface area contributed by atoms with Crippen LogP contribution in [0.5, 0.6) is 5.88 Å². The average Bonchev–Trinajstić information content (AvgIpc) is 2.19. The number of hydrogen-bond donors (Lipinski definition) is 1. The summed E-state index contributed by atoms with van der Waals surface area (Å²) in [5.74, 6) is -0.633. The number of aldehydes is 1. The summed E-state index contributed by atoms with van der Waals surface area (Å²) in [5, 5.41) is 0. The van der Waals surface area contributed by atoms with Gasteiger partial charge in [0.25, 0.3) is 0 Å². The van der Waals surface area contributed by atoms with E-state index in [-0.39, 0.29) is 17.7 Å². The Morgan fingerprint density at radius 1 is 1.56 bits per heavy atom. The Labute approximate surface area is 89.2 Å². The van der Waals surface area contributed by atoms with Gasteiger partial charge in [-0.25, -0.2) is 4.98 Å². The summed E-state index contributed by atoms with van der Waals surface area (Å²) >= 11 is 0. The van der Waals surface area contributed by atoms with E-state index >= 15 is 0 Å². The molecule has 1 aromatic rings. The van der Waals surface area contributed by atoms with Gasteiger partial charge in [0.2, 0.25) is 5.88 Å². The molecular formula is C9H9F3N2O2. The minimum absolute atomic E-state index is 0.0220. The van der Waals surface area contributed by atoms with E-state index in [0.717, 1.165) is 6.20 Å². The predicted molar refractivity (Wildman–Crippen MR) is 48.9 cm³/mol. The molecule has 0 aliphatic heterocycles. The van der Waals surface area contributed by atoms with Crippen LogP contribution in [0.2, 0.25) is 0 Å². The van der Waals surface area contributed by atoms with Crippen molar-refractivity contribution in [2.24, 2.45) is 5.73 Å². The number of nitrogens with two attached hydrogens (primary N) is 1. The lowest BCUT2D eigenvalue weighted by Crippen LogP contribution is -2.19. The molecule has 0 amide bonds. The van der Waals surface area contributed by atoms with Gasteiger partial charge in [-0.3, -0.25) is 4.79 Å². The first-order valence-corrected chi connectivity index (χ1v) is 4.28. The third kappa shape index (κ3) is 2.69. The molecule has 1 rings (SSSR count). The van der Waals surface area contributed by atoms with E-state index in [1.165, 1.54) is 6.92 Å². The minimum Gasteiger partial charge on any atom is -0.388 e. The second-order valence-corrected chi connectivity index (χ2v) is 3.00. The fourth-order valence-electron chi connectivity index (χ4n) is 1.20. The van der Waals surface area contributed by atoms with Crippen molar-refractivity contribution >= 4 is 6.29 Å². The molecular weight excluding hydrogens is 225 g/mol. The topological polar surface area (TPSA) is 65.2 Å². The molecule has 0 aliphatic rings. The van der Waals surface area contributed by atoms with E-state index in [1.54, 1.807) is 0 Å². The minimum atomic E-state index is -4.83. The lowest BCUT2D eigenvalue weighted by molar-refractivity contribution is -0.276. The molecule has 0 fully saturated rings. The zero-order valence-corrected chi connectivity index (χ0v) is 8.34. The molecule has 0 saturated carbocycles. The lowest BCUT2D eigenvalue weighted by Gasteiger charge is -2.12. The van der Waals surface area contributed by atoms with Crippen LogP contribution in [0.15, 0.2) is 6.20 Å². The number of rotatable bonds is 3.